The van der Waals surface area contributed by atoms with Gasteiger partial charge in [0.15, 0.2) is 0 Å². The van der Waals surface area contributed by atoms with Crippen LogP contribution in [0.4, 0.5) is 0 Å². The molecule has 0 bridgehead atoms. The smallest absolute Gasteiger partial charge is 0.256 e. The predicted molar refractivity (Wildman–Crippen MR) is 83.0 cm³/mol. The van der Waals surface area contributed by atoms with Crippen molar-refractivity contribution in [2.24, 2.45) is 7.05 Å². The molecule has 0 aliphatic heterocycles. The van der Waals surface area contributed by atoms with E-state index in [9.17, 15) is 9.59 Å². The Labute approximate surface area is 123 Å². The maximum atomic E-state index is 12.5. The molecule has 5 nitrogen and oxygen atoms in total. The van der Waals surface area contributed by atoms with Gasteiger partial charge < -0.3 is 14.6 Å². The number of carbonyl (C=O) groups is 1. The second-order valence-electron chi connectivity index (χ2n) is 5.22. The van der Waals surface area contributed by atoms with Crippen LogP contribution in [0.25, 0.3) is 10.9 Å². The molecule has 1 aromatic heterocycles. The van der Waals surface area contributed by atoms with Gasteiger partial charge in [0.25, 0.3) is 5.91 Å². The van der Waals surface area contributed by atoms with E-state index in [0.29, 0.717) is 17.7 Å². The Morgan fingerprint density at radius 1 is 1.38 bits per heavy atom. The molecule has 112 valence electrons. The Kier molecular flexibility index (Phi) is 4.31. The summed E-state index contributed by atoms with van der Waals surface area (Å²) < 4.78 is 7.20. The lowest BCUT2D eigenvalue weighted by Crippen LogP contribution is -2.34. The van der Waals surface area contributed by atoms with Gasteiger partial charge in [0.1, 0.15) is 11.3 Å². The van der Waals surface area contributed by atoms with Crippen molar-refractivity contribution in [2.75, 3.05) is 6.61 Å². The lowest BCUT2D eigenvalue weighted by molar-refractivity contribution is 0.0941. The maximum Gasteiger partial charge on any atom is 0.256 e. The maximum absolute atomic E-state index is 12.5. The molecule has 0 saturated carbocycles. The Hall–Kier alpha value is -2.30. The summed E-state index contributed by atoms with van der Waals surface area (Å²) in [7, 11) is 1.81. The van der Waals surface area contributed by atoms with Crippen LogP contribution in [0.5, 0.6) is 5.75 Å². The first-order valence-electron chi connectivity index (χ1n) is 7.01. The number of hydrogen-bond donors (Lipinski definition) is 1. The molecule has 2 aromatic rings. The lowest BCUT2D eigenvalue weighted by atomic mass is 10.1. The third-order valence-corrected chi connectivity index (χ3v) is 3.14. The van der Waals surface area contributed by atoms with Crippen LogP contribution in [0.3, 0.4) is 0 Å². The van der Waals surface area contributed by atoms with Crippen LogP contribution in [0, 0.1) is 0 Å². The van der Waals surface area contributed by atoms with E-state index in [1.165, 1.54) is 0 Å². The van der Waals surface area contributed by atoms with Gasteiger partial charge in [-0.05, 0) is 39.0 Å². The van der Waals surface area contributed by atoms with Crippen molar-refractivity contribution < 1.29 is 9.53 Å². The highest BCUT2D eigenvalue weighted by Crippen LogP contribution is 2.18. The zero-order chi connectivity index (χ0) is 15.6. The normalized spacial score (nSPS) is 10.9. The number of amides is 1. The first-order chi connectivity index (χ1) is 9.93. The summed E-state index contributed by atoms with van der Waals surface area (Å²) in [4.78, 5) is 24.7. The van der Waals surface area contributed by atoms with Crippen LogP contribution in [0.1, 0.15) is 31.1 Å². The van der Waals surface area contributed by atoms with Crippen molar-refractivity contribution in [1.29, 1.82) is 0 Å². The van der Waals surface area contributed by atoms with E-state index in [1.807, 2.05) is 40.0 Å². The molecule has 1 aromatic carbocycles. The van der Waals surface area contributed by atoms with Crippen molar-refractivity contribution in [3.8, 4) is 5.75 Å². The quantitative estimate of drug-likeness (QED) is 0.937. The van der Waals surface area contributed by atoms with Crippen molar-refractivity contribution in [3.63, 3.8) is 0 Å². The molecular formula is C16H20N2O3. The largest absolute Gasteiger partial charge is 0.494 e. The second-order valence-corrected chi connectivity index (χ2v) is 5.22. The van der Waals surface area contributed by atoms with E-state index in [2.05, 4.69) is 5.32 Å². The number of carbonyl (C=O) groups excluding carboxylic acids is 1. The predicted octanol–water partition coefficient (Wildman–Crippen LogP) is 2.08. The molecule has 0 saturated heterocycles. The molecule has 1 N–H and O–H groups in total. The van der Waals surface area contributed by atoms with Gasteiger partial charge in [-0.15, -0.1) is 0 Å². The van der Waals surface area contributed by atoms with Crippen molar-refractivity contribution in [2.45, 2.75) is 26.8 Å². The van der Waals surface area contributed by atoms with Crippen LogP contribution in [-0.2, 0) is 7.05 Å². The van der Waals surface area contributed by atoms with Crippen LogP contribution in [0.2, 0.25) is 0 Å². The Balaban J connectivity index is 2.61. The third kappa shape index (κ3) is 3.07. The molecule has 1 amide bonds. The first-order valence-corrected chi connectivity index (χ1v) is 7.01. The fourth-order valence-corrected chi connectivity index (χ4v) is 2.23. The van der Waals surface area contributed by atoms with Crippen LogP contribution >= 0.6 is 0 Å². The minimum atomic E-state index is -0.352. The average Bonchev–Trinajstić information content (AvgIpc) is 2.42. The third-order valence-electron chi connectivity index (χ3n) is 3.14. The number of fused-ring (bicyclic) bond motifs is 1. The van der Waals surface area contributed by atoms with Crippen molar-refractivity contribution >= 4 is 16.8 Å². The average molecular weight is 288 g/mol. The molecule has 0 spiro atoms. The number of hydrogen-bond acceptors (Lipinski definition) is 3. The summed E-state index contributed by atoms with van der Waals surface area (Å²) in [6.45, 7) is 6.13. The zero-order valence-corrected chi connectivity index (χ0v) is 12.8. The molecule has 2 rings (SSSR count). The fourth-order valence-electron chi connectivity index (χ4n) is 2.23. The van der Waals surface area contributed by atoms with E-state index in [4.69, 9.17) is 4.74 Å². The van der Waals surface area contributed by atoms with Gasteiger partial charge in [-0.2, -0.15) is 0 Å². The number of rotatable bonds is 4. The highest BCUT2D eigenvalue weighted by atomic mass is 16.5. The van der Waals surface area contributed by atoms with Gasteiger partial charge in [0.05, 0.1) is 17.5 Å². The summed E-state index contributed by atoms with van der Waals surface area (Å²) in [5, 5.41) is 3.23. The minimum absolute atomic E-state index is 0.0207. The fraction of sp³-hybridized carbons (Fsp3) is 0.375. The standard InChI is InChI=1S/C16H20N2O3/c1-5-21-11-6-7-14-12(8-11)15(19)13(9-18(14)4)16(20)17-10(2)3/h6-10H,5H2,1-4H3,(H,17,20). The highest BCUT2D eigenvalue weighted by Gasteiger charge is 2.15. The van der Waals surface area contributed by atoms with Crippen LogP contribution in [-0.4, -0.2) is 23.1 Å². The van der Waals surface area contributed by atoms with Crippen molar-refractivity contribution in [1.82, 2.24) is 9.88 Å². The van der Waals surface area contributed by atoms with Gasteiger partial charge in [0, 0.05) is 19.3 Å². The van der Waals surface area contributed by atoms with Gasteiger partial charge in [-0.25, -0.2) is 0 Å². The molecule has 0 unspecified atom stereocenters. The summed E-state index contributed by atoms with van der Waals surface area (Å²) in [6, 6.07) is 5.31. The van der Waals surface area contributed by atoms with Crippen LogP contribution in [0.15, 0.2) is 29.2 Å². The Morgan fingerprint density at radius 3 is 2.71 bits per heavy atom. The summed E-state index contributed by atoms with van der Waals surface area (Å²) in [5.74, 6) is 0.276. The first kappa shape index (κ1) is 15.1. The van der Waals surface area contributed by atoms with Gasteiger partial charge >= 0.3 is 0 Å². The van der Waals surface area contributed by atoms with E-state index in [1.54, 1.807) is 16.8 Å². The number of aryl methyl sites for hydroxylation is 1. The van der Waals surface area contributed by atoms with Gasteiger partial charge in [-0.3, -0.25) is 9.59 Å². The van der Waals surface area contributed by atoms with Gasteiger partial charge in [-0.1, -0.05) is 0 Å². The highest BCUT2D eigenvalue weighted by molar-refractivity contribution is 5.97. The zero-order valence-electron chi connectivity index (χ0n) is 12.8. The number of aromatic nitrogens is 1. The molecule has 21 heavy (non-hydrogen) atoms. The minimum Gasteiger partial charge on any atom is -0.494 e. The van der Waals surface area contributed by atoms with E-state index >= 15 is 0 Å². The van der Waals surface area contributed by atoms with E-state index < -0.39 is 0 Å². The topological polar surface area (TPSA) is 60.3 Å². The number of nitrogens with one attached hydrogen (secondary N) is 1. The molecular weight excluding hydrogens is 268 g/mol. The molecule has 0 atom stereocenters. The lowest BCUT2D eigenvalue weighted by Gasteiger charge is -2.12. The number of nitrogens with zero attached hydrogens (tertiary/aromatic N) is 1. The molecule has 0 radical (unpaired) electrons. The summed E-state index contributed by atoms with van der Waals surface area (Å²) in [5.41, 5.74) is 0.639. The molecule has 0 aliphatic rings. The summed E-state index contributed by atoms with van der Waals surface area (Å²) >= 11 is 0. The SMILES string of the molecule is CCOc1ccc2c(c1)c(=O)c(C(=O)NC(C)C)cn2C. The monoisotopic (exact) mass is 288 g/mol. The van der Waals surface area contributed by atoms with Gasteiger partial charge in [0.2, 0.25) is 5.43 Å². The van der Waals surface area contributed by atoms with E-state index in [0.717, 1.165) is 5.52 Å². The van der Waals surface area contributed by atoms with E-state index in [-0.39, 0.29) is 22.9 Å². The number of ether oxygens (including phenoxy) is 1. The molecule has 1 heterocycles. The molecule has 5 heteroatoms. The molecule has 0 aliphatic carbocycles. The number of benzene rings is 1. The Bertz CT molecular complexity index is 732. The Morgan fingerprint density at radius 2 is 2.10 bits per heavy atom. The number of pyridine rings is 1. The molecule has 0 fully saturated rings. The van der Waals surface area contributed by atoms with Crippen molar-refractivity contribution in [3.05, 3.63) is 40.2 Å². The van der Waals surface area contributed by atoms with Crippen LogP contribution < -0.4 is 15.5 Å². The second kappa shape index (κ2) is 5.99. The summed E-state index contributed by atoms with van der Waals surface area (Å²) in [6.07, 6.45) is 1.57.